The van der Waals surface area contributed by atoms with Crippen LogP contribution in [0.25, 0.3) is 0 Å². The van der Waals surface area contributed by atoms with Gasteiger partial charge in [0, 0.05) is 26.2 Å². The lowest BCUT2D eigenvalue weighted by atomic mass is 10.1. The van der Waals surface area contributed by atoms with Gasteiger partial charge in [-0.05, 0) is 25.3 Å². The number of rotatable bonds is 4. The van der Waals surface area contributed by atoms with Gasteiger partial charge in [-0.25, -0.2) is 4.79 Å². The molecule has 1 aliphatic rings. The molecule has 0 spiro atoms. The molecule has 0 saturated carbocycles. The lowest BCUT2D eigenvalue weighted by molar-refractivity contribution is -0.138. The molecule has 0 aromatic heterocycles. The van der Waals surface area contributed by atoms with Crippen LogP contribution in [0.4, 0.5) is 4.79 Å². The van der Waals surface area contributed by atoms with Crippen molar-refractivity contribution in [1.29, 1.82) is 0 Å². The van der Waals surface area contributed by atoms with E-state index in [0.717, 1.165) is 18.4 Å². The maximum absolute atomic E-state index is 12.5. The lowest BCUT2D eigenvalue weighted by Gasteiger charge is -2.29. The minimum Gasteiger partial charge on any atom is -0.481 e. The molecule has 21 heavy (non-hydrogen) atoms. The fourth-order valence-corrected chi connectivity index (χ4v) is 2.76. The van der Waals surface area contributed by atoms with Gasteiger partial charge in [-0.15, -0.1) is 0 Å². The molecule has 1 saturated heterocycles. The highest BCUT2D eigenvalue weighted by atomic mass is 16.4. The van der Waals surface area contributed by atoms with E-state index in [4.69, 9.17) is 5.11 Å². The van der Waals surface area contributed by atoms with E-state index in [-0.39, 0.29) is 18.5 Å². The number of urea groups is 1. The van der Waals surface area contributed by atoms with Crippen LogP contribution in [0, 0.1) is 6.92 Å². The van der Waals surface area contributed by atoms with Gasteiger partial charge >= 0.3 is 12.0 Å². The van der Waals surface area contributed by atoms with Gasteiger partial charge in [0.15, 0.2) is 0 Å². The molecule has 2 rings (SSSR count). The number of carboxylic acids is 1. The number of carbonyl (C=O) groups is 2. The molecule has 114 valence electrons. The van der Waals surface area contributed by atoms with Crippen LogP contribution in [-0.4, -0.2) is 46.5 Å². The average molecular weight is 290 g/mol. The van der Waals surface area contributed by atoms with Crippen LogP contribution >= 0.6 is 0 Å². The average Bonchev–Trinajstić information content (AvgIpc) is 2.87. The summed E-state index contributed by atoms with van der Waals surface area (Å²) in [7, 11) is 1.76. The third kappa shape index (κ3) is 3.97. The lowest BCUT2D eigenvalue weighted by Crippen LogP contribution is -2.44. The molecule has 0 bridgehead atoms. The highest BCUT2D eigenvalue weighted by Gasteiger charge is 2.31. The van der Waals surface area contributed by atoms with Gasteiger partial charge in [0.2, 0.25) is 0 Å². The van der Waals surface area contributed by atoms with Gasteiger partial charge < -0.3 is 14.9 Å². The largest absolute Gasteiger partial charge is 0.481 e. The van der Waals surface area contributed by atoms with Crippen molar-refractivity contribution in [1.82, 2.24) is 9.80 Å². The Kier molecular flexibility index (Phi) is 4.83. The van der Waals surface area contributed by atoms with Gasteiger partial charge in [-0.3, -0.25) is 4.79 Å². The Morgan fingerprint density at radius 3 is 2.62 bits per heavy atom. The maximum Gasteiger partial charge on any atom is 0.320 e. The Balaban J connectivity index is 1.98. The zero-order valence-corrected chi connectivity index (χ0v) is 12.6. The van der Waals surface area contributed by atoms with Gasteiger partial charge in [0.05, 0.1) is 6.42 Å². The minimum atomic E-state index is -0.846. The Morgan fingerprint density at radius 1 is 1.33 bits per heavy atom. The number of likely N-dealkylation sites (tertiary alicyclic amines) is 1. The van der Waals surface area contributed by atoms with Crippen molar-refractivity contribution in [3.63, 3.8) is 0 Å². The van der Waals surface area contributed by atoms with Crippen molar-refractivity contribution in [2.75, 3.05) is 13.6 Å². The molecule has 0 radical (unpaired) electrons. The molecule has 1 aliphatic heterocycles. The van der Waals surface area contributed by atoms with Crippen LogP contribution < -0.4 is 0 Å². The number of carbonyl (C=O) groups excluding carboxylic acids is 1. The number of aryl methyl sites for hydroxylation is 1. The standard InChI is InChI=1S/C16H22N2O3/c1-12-5-7-13(8-6-12)11-17(2)16(21)18-9-3-4-14(18)10-15(19)20/h5-8,14H,3-4,9-11H2,1-2H3,(H,19,20). The van der Waals surface area contributed by atoms with Crippen molar-refractivity contribution in [3.8, 4) is 0 Å². The highest BCUT2D eigenvalue weighted by Crippen LogP contribution is 2.22. The fraction of sp³-hybridized carbons (Fsp3) is 0.500. The summed E-state index contributed by atoms with van der Waals surface area (Å²) in [5.41, 5.74) is 2.26. The van der Waals surface area contributed by atoms with Crippen molar-refractivity contribution >= 4 is 12.0 Å². The quantitative estimate of drug-likeness (QED) is 0.926. The van der Waals surface area contributed by atoms with Crippen LogP contribution in [0.15, 0.2) is 24.3 Å². The van der Waals surface area contributed by atoms with E-state index in [1.54, 1.807) is 16.8 Å². The van der Waals surface area contributed by atoms with E-state index in [0.29, 0.717) is 13.1 Å². The first-order valence-electron chi connectivity index (χ1n) is 7.26. The van der Waals surface area contributed by atoms with Gasteiger partial charge in [0.1, 0.15) is 0 Å². The number of benzene rings is 1. The molecule has 1 heterocycles. The molecule has 1 fully saturated rings. The van der Waals surface area contributed by atoms with E-state index in [2.05, 4.69) is 0 Å². The van der Waals surface area contributed by atoms with E-state index < -0.39 is 5.97 Å². The smallest absolute Gasteiger partial charge is 0.320 e. The van der Waals surface area contributed by atoms with Gasteiger partial charge in [-0.1, -0.05) is 29.8 Å². The number of aliphatic carboxylic acids is 1. The van der Waals surface area contributed by atoms with E-state index >= 15 is 0 Å². The van der Waals surface area contributed by atoms with Crippen LogP contribution in [0.2, 0.25) is 0 Å². The Bertz CT molecular complexity index is 513. The predicted octanol–water partition coefficient (Wildman–Crippen LogP) is 2.49. The van der Waals surface area contributed by atoms with Crippen molar-refractivity contribution in [3.05, 3.63) is 35.4 Å². The van der Waals surface area contributed by atoms with Crippen LogP contribution in [0.5, 0.6) is 0 Å². The minimum absolute atomic E-state index is 0.0319. The summed E-state index contributed by atoms with van der Waals surface area (Å²) in [4.78, 5) is 26.7. The molecule has 1 aromatic rings. The summed E-state index contributed by atoms with van der Waals surface area (Å²) < 4.78 is 0. The summed E-state index contributed by atoms with van der Waals surface area (Å²) in [6.07, 6.45) is 1.68. The SMILES string of the molecule is Cc1ccc(CN(C)C(=O)N2CCCC2CC(=O)O)cc1. The molecule has 5 nitrogen and oxygen atoms in total. The Labute approximate surface area is 125 Å². The number of hydrogen-bond donors (Lipinski definition) is 1. The zero-order chi connectivity index (χ0) is 15.4. The third-order valence-corrected chi connectivity index (χ3v) is 3.90. The fourth-order valence-electron chi connectivity index (χ4n) is 2.76. The molecule has 1 aromatic carbocycles. The maximum atomic E-state index is 12.5. The monoisotopic (exact) mass is 290 g/mol. The molecule has 1 atom stereocenters. The second-order valence-corrected chi connectivity index (χ2v) is 5.71. The van der Waals surface area contributed by atoms with Crippen molar-refractivity contribution < 1.29 is 14.7 Å². The van der Waals surface area contributed by atoms with Crippen LogP contribution in [-0.2, 0) is 11.3 Å². The normalized spacial score (nSPS) is 17.8. The second kappa shape index (κ2) is 6.61. The number of carboxylic acid groups (broad SMARTS) is 1. The number of amides is 2. The molecular formula is C16H22N2O3. The molecule has 1 N–H and O–H groups in total. The van der Waals surface area contributed by atoms with Crippen molar-refractivity contribution in [2.45, 2.75) is 38.8 Å². The van der Waals surface area contributed by atoms with Crippen LogP contribution in [0.3, 0.4) is 0 Å². The van der Waals surface area contributed by atoms with E-state index in [9.17, 15) is 9.59 Å². The highest BCUT2D eigenvalue weighted by molar-refractivity contribution is 5.76. The molecule has 0 aliphatic carbocycles. The summed E-state index contributed by atoms with van der Waals surface area (Å²) >= 11 is 0. The topological polar surface area (TPSA) is 60.9 Å². The zero-order valence-electron chi connectivity index (χ0n) is 12.6. The van der Waals surface area contributed by atoms with Crippen molar-refractivity contribution in [2.24, 2.45) is 0 Å². The van der Waals surface area contributed by atoms with E-state index in [1.807, 2.05) is 31.2 Å². The van der Waals surface area contributed by atoms with Gasteiger partial charge in [0.25, 0.3) is 0 Å². The molecular weight excluding hydrogens is 268 g/mol. The summed E-state index contributed by atoms with van der Waals surface area (Å²) in [6, 6.07) is 7.82. The summed E-state index contributed by atoms with van der Waals surface area (Å²) in [5, 5.41) is 8.92. The molecule has 5 heteroatoms. The Hall–Kier alpha value is -2.04. The summed E-state index contributed by atoms with van der Waals surface area (Å²) in [6.45, 7) is 3.21. The molecule has 1 unspecified atom stereocenters. The van der Waals surface area contributed by atoms with E-state index in [1.165, 1.54) is 5.56 Å². The number of hydrogen-bond acceptors (Lipinski definition) is 2. The predicted molar refractivity (Wildman–Crippen MR) is 80.0 cm³/mol. The van der Waals surface area contributed by atoms with Crippen LogP contribution in [0.1, 0.15) is 30.4 Å². The first-order valence-corrected chi connectivity index (χ1v) is 7.26. The summed E-state index contributed by atoms with van der Waals surface area (Å²) in [5.74, 6) is -0.846. The van der Waals surface area contributed by atoms with Gasteiger partial charge in [-0.2, -0.15) is 0 Å². The third-order valence-electron chi connectivity index (χ3n) is 3.90. The number of nitrogens with zero attached hydrogens (tertiary/aromatic N) is 2. The Morgan fingerprint density at radius 2 is 2.00 bits per heavy atom. The molecule has 2 amide bonds. The first kappa shape index (κ1) is 15.4. The second-order valence-electron chi connectivity index (χ2n) is 5.71. The first-order chi connectivity index (χ1) is 9.97.